The number of nitrogens with zero attached hydrogens (tertiary/aromatic N) is 1. The summed E-state index contributed by atoms with van der Waals surface area (Å²) in [6, 6.07) is 16.7. The summed E-state index contributed by atoms with van der Waals surface area (Å²) >= 11 is 0. The predicted molar refractivity (Wildman–Crippen MR) is 83.5 cm³/mol. The normalized spacial score (nSPS) is 12.5. The highest BCUT2D eigenvalue weighted by atomic mass is 19.1. The molecule has 0 bridgehead atoms. The Balaban J connectivity index is 1.81. The lowest BCUT2D eigenvalue weighted by molar-refractivity contribution is 0.584. The number of rotatable bonds is 4. The highest BCUT2D eigenvalue weighted by Crippen LogP contribution is 2.18. The Kier molecular flexibility index (Phi) is 3.93. The summed E-state index contributed by atoms with van der Waals surface area (Å²) in [6.45, 7) is 0. The zero-order valence-corrected chi connectivity index (χ0v) is 11.7. The molecule has 0 aliphatic carbocycles. The van der Waals surface area contributed by atoms with Crippen LogP contribution in [-0.2, 0) is 12.8 Å². The highest BCUT2D eigenvalue weighted by molar-refractivity contribution is 5.81. The summed E-state index contributed by atoms with van der Waals surface area (Å²) in [6.07, 6.45) is 3.04. The maximum absolute atomic E-state index is 13.7. The van der Waals surface area contributed by atoms with Crippen LogP contribution in [0.15, 0.2) is 60.8 Å². The first kappa shape index (κ1) is 13.7. The van der Waals surface area contributed by atoms with Crippen LogP contribution in [0.4, 0.5) is 4.39 Å². The summed E-state index contributed by atoms with van der Waals surface area (Å²) < 4.78 is 13.7. The first-order valence-corrected chi connectivity index (χ1v) is 7.05. The van der Waals surface area contributed by atoms with Crippen LogP contribution in [0.25, 0.3) is 10.9 Å². The van der Waals surface area contributed by atoms with E-state index < -0.39 is 0 Å². The Bertz CT molecular complexity index is 750. The fraction of sp³-hybridized carbons (Fsp3) is 0.167. The third-order valence-electron chi connectivity index (χ3n) is 3.66. The first-order valence-electron chi connectivity index (χ1n) is 7.05. The van der Waals surface area contributed by atoms with Crippen molar-refractivity contribution < 1.29 is 4.39 Å². The zero-order valence-electron chi connectivity index (χ0n) is 11.7. The van der Waals surface area contributed by atoms with Gasteiger partial charge in [-0.1, -0.05) is 36.4 Å². The number of pyridine rings is 1. The van der Waals surface area contributed by atoms with E-state index in [4.69, 9.17) is 5.73 Å². The third kappa shape index (κ3) is 3.09. The van der Waals surface area contributed by atoms with Gasteiger partial charge < -0.3 is 5.73 Å². The third-order valence-corrected chi connectivity index (χ3v) is 3.66. The van der Waals surface area contributed by atoms with E-state index in [0.29, 0.717) is 18.4 Å². The number of nitrogens with two attached hydrogens (primary N) is 1. The summed E-state index contributed by atoms with van der Waals surface area (Å²) in [7, 11) is 0. The summed E-state index contributed by atoms with van der Waals surface area (Å²) in [5.41, 5.74) is 9.00. The molecule has 106 valence electrons. The number of benzene rings is 2. The Morgan fingerprint density at radius 1 is 0.905 bits per heavy atom. The average Bonchev–Trinajstić information content (AvgIpc) is 2.50. The molecule has 0 fully saturated rings. The lowest BCUT2D eigenvalue weighted by Gasteiger charge is -2.14. The van der Waals surface area contributed by atoms with Gasteiger partial charge in [-0.15, -0.1) is 0 Å². The fourth-order valence-corrected chi connectivity index (χ4v) is 2.63. The maximum atomic E-state index is 13.7. The second-order valence-corrected chi connectivity index (χ2v) is 5.25. The standard InChI is InChI=1S/C18H17FN2/c19-17-7-3-1-5-14(17)12-15(20)11-13-9-10-21-18-8-4-2-6-16(13)18/h1-10,15H,11-12,20H2. The maximum Gasteiger partial charge on any atom is 0.126 e. The largest absolute Gasteiger partial charge is 0.327 e. The molecule has 2 aromatic carbocycles. The van der Waals surface area contributed by atoms with Gasteiger partial charge in [-0.3, -0.25) is 4.98 Å². The number of fused-ring (bicyclic) bond motifs is 1. The summed E-state index contributed by atoms with van der Waals surface area (Å²) in [5.74, 6) is -0.187. The topological polar surface area (TPSA) is 38.9 Å². The second kappa shape index (κ2) is 6.02. The molecule has 0 saturated carbocycles. The average molecular weight is 280 g/mol. The van der Waals surface area contributed by atoms with E-state index in [0.717, 1.165) is 16.5 Å². The molecule has 3 heteroatoms. The lowest BCUT2D eigenvalue weighted by Crippen LogP contribution is -2.26. The molecule has 1 unspecified atom stereocenters. The van der Waals surface area contributed by atoms with Gasteiger partial charge in [0.2, 0.25) is 0 Å². The Morgan fingerprint density at radius 3 is 2.48 bits per heavy atom. The second-order valence-electron chi connectivity index (χ2n) is 5.25. The van der Waals surface area contributed by atoms with Crippen molar-refractivity contribution in [2.75, 3.05) is 0 Å². The SMILES string of the molecule is NC(Cc1ccccc1F)Cc1ccnc2ccccc12. The van der Waals surface area contributed by atoms with Gasteiger partial charge >= 0.3 is 0 Å². The van der Waals surface area contributed by atoms with Crippen molar-refractivity contribution in [3.05, 3.63) is 77.7 Å². The molecule has 1 aromatic heterocycles. The molecular formula is C18H17FN2. The van der Waals surface area contributed by atoms with Crippen LogP contribution in [0.1, 0.15) is 11.1 Å². The van der Waals surface area contributed by atoms with Crippen LogP contribution in [0.3, 0.4) is 0 Å². The van der Waals surface area contributed by atoms with Crippen LogP contribution in [0.5, 0.6) is 0 Å². The van der Waals surface area contributed by atoms with Crippen LogP contribution in [0, 0.1) is 5.82 Å². The summed E-state index contributed by atoms with van der Waals surface area (Å²) in [4.78, 5) is 4.35. The van der Waals surface area contributed by atoms with Gasteiger partial charge in [0, 0.05) is 17.6 Å². The van der Waals surface area contributed by atoms with Gasteiger partial charge in [-0.2, -0.15) is 0 Å². The van der Waals surface area contributed by atoms with E-state index in [2.05, 4.69) is 4.98 Å². The molecular weight excluding hydrogens is 263 g/mol. The van der Waals surface area contributed by atoms with Gasteiger partial charge in [0.25, 0.3) is 0 Å². The zero-order chi connectivity index (χ0) is 14.7. The van der Waals surface area contributed by atoms with Gasteiger partial charge in [0.15, 0.2) is 0 Å². The van der Waals surface area contributed by atoms with E-state index in [9.17, 15) is 4.39 Å². The van der Waals surface area contributed by atoms with E-state index in [1.54, 1.807) is 18.3 Å². The van der Waals surface area contributed by atoms with Gasteiger partial charge in [-0.25, -0.2) is 4.39 Å². The molecule has 0 amide bonds. The number of halogens is 1. The van der Waals surface area contributed by atoms with Crippen LogP contribution >= 0.6 is 0 Å². The molecule has 21 heavy (non-hydrogen) atoms. The van der Waals surface area contributed by atoms with Gasteiger partial charge in [-0.05, 0) is 42.2 Å². The molecule has 0 spiro atoms. The summed E-state index contributed by atoms with van der Waals surface area (Å²) in [5, 5.41) is 1.11. The van der Waals surface area contributed by atoms with Crippen molar-refractivity contribution >= 4 is 10.9 Å². The molecule has 3 rings (SSSR count). The first-order chi connectivity index (χ1) is 10.2. The van der Waals surface area contributed by atoms with Crippen molar-refractivity contribution in [1.82, 2.24) is 4.98 Å². The number of aromatic nitrogens is 1. The minimum atomic E-state index is -0.187. The minimum absolute atomic E-state index is 0.118. The van der Waals surface area contributed by atoms with Crippen molar-refractivity contribution in [2.24, 2.45) is 5.73 Å². The van der Waals surface area contributed by atoms with Crippen molar-refractivity contribution in [1.29, 1.82) is 0 Å². The smallest absolute Gasteiger partial charge is 0.126 e. The molecule has 0 saturated heterocycles. The lowest BCUT2D eigenvalue weighted by atomic mass is 9.97. The monoisotopic (exact) mass is 280 g/mol. The van der Waals surface area contributed by atoms with Crippen molar-refractivity contribution in [3.8, 4) is 0 Å². The minimum Gasteiger partial charge on any atom is -0.327 e. The van der Waals surface area contributed by atoms with Crippen LogP contribution < -0.4 is 5.73 Å². The van der Waals surface area contributed by atoms with Crippen LogP contribution in [0.2, 0.25) is 0 Å². The Hall–Kier alpha value is -2.26. The molecule has 1 atom stereocenters. The molecule has 0 radical (unpaired) electrons. The Labute approximate surface area is 123 Å². The molecule has 0 aliphatic heterocycles. The molecule has 1 heterocycles. The molecule has 0 aliphatic rings. The number of hydrogen-bond donors (Lipinski definition) is 1. The van der Waals surface area contributed by atoms with Gasteiger partial charge in [0.05, 0.1) is 5.52 Å². The highest BCUT2D eigenvalue weighted by Gasteiger charge is 2.10. The number of para-hydroxylation sites is 1. The van der Waals surface area contributed by atoms with E-state index >= 15 is 0 Å². The molecule has 2 N–H and O–H groups in total. The van der Waals surface area contributed by atoms with E-state index in [1.165, 1.54) is 6.07 Å². The van der Waals surface area contributed by atoms with Crippen molar-refractivity contribution in [2.45, 2.75) is 18.9 Å². The van der Waals surface area contributed by atoms with E-state index in [-0.39, 0.29) is 11.9 Å². The molecule has 2 nitrogen and oxygen atoms in total. The van der Waals surface area contributed by atoms with Crippen molar-refractivity contribution in [3.63, 3.8) is 0 Å². The molecule has 3 aromatic rings. The number of hydrogen-bond acceptors (Lipinski definition) is 2. The quantitative estimate of drug-likeness (QED) is 0.794. The van der Waals surface area contributed by atoms with E-state index in [1.807, 2.05) is 36.4 Å². The van der Waals surface area contributed by atoms with Crippen LogP contribution in [-0.4, -0.2) is 11.0 Å². The Morgan fingerprint density at radius 2 is 1.62 bits per heavy atom. The van der Waals surface area contributed by atoms with Gasteiger partial charge in [0.1, 0.15) is 5.82 Å². The predicted octanol–water partition coefficient (Wildman–Crippen LogP) is 3.49. The fourth-order valence-electron chi connectivity index (χ4n) is 2.63.